The number of sulfonamides is 1. The van der Waals surface area contributed by atoms with Gasteiger partial charge in [0.1, 0.15) is 4.90 Å². The van der Waals surface area contributed by atoms with E-state index in [1.165, 1.54) is 30.3 Å². The van der Waals surface area contributed by atoms with Crippen LogP contribution in [0.1, 0.15) is 10.4 Å². The van der Waals surface area contributed by atoms with Gasteiger partial charge >= 0.3 is 5.97 Å². The lowest BCUT2D eigenvalue weighted by Crippen LogP contribution is -2.21. The van der Waals surface area contributed by atoms with Gasteiger partial charge in [0.2, 0.25) is 0 Å². The van der Waals surface area contributed by atoms with Crippen LogP contribution in [-0.2, 0) is 19.6 Å². The highest BCUT2D eigenvalue weighted by Gasteiger charge is 2.22. The fourth-order valence-corrected chi connectivity index (χ4v) is 3.82. The zero-order valence-electron chi connectivity index (χ0n) is 12.8. The normalized spacial score (nSPS) is 11.0. The van der Waals surface area contributed by atoms with Crippen molar-refractivity contribution in [3.05, 3.63) is 57.0 Å². The molecule has 0 aliphatic carbocycles. The first kappa shape index (κ1) is 20.3. The Bertz CT molecular complexity index is 979. The van der Waals surface area contributed by atoms with Crippen LogP contribution in [0.5, 0.6) is 0 Å². The topological polar surface area (TPSA) is 116 Å². The number of esters is 1. The van der Waals surface area contributed by atoms with E-state index < -0.39 is 28.5 Å². The molecule has 0 fully saturated rings. The Balaban J connectivity index is 2.36. The molecule has 0 saturated carbocycles. The molecule has 0 aromatic heterocycles. The SMILES string of the molecule is NC(=O)COC(=O)c1ccc(Cl)c(S(=O)(=O)Nc2cc(Cl)ccc2Cl)c1. The number of nitrogens with two attached hydrogens (primary N) is 1. The summed E-state index contributed by atoms with van der Waals surface area (Å²) in [4.78, 5) is 22.2. The summed E-state index contributed by atoms with van der Waals surface area (Å²) >= 11 is 17.7. The average Bonchev–Trinajstić information content (AvgIpc) is 2.56. The molecule has 2 aromatic rings. The molecule has 0 aliphatic heterocycles. The molecule has 0 atom stereocenters. The minimum Gasteiger partial charge on any atom is -0.452 e. The molecule has 138 valence electrons. The largest absolute Gasteiger partial charge is 0.452 e. The minimum atomic E-state index is -4.19. The second-order valence-corrected chi connectivity index (χ2v) is 7.82. The number of amides is 1. The van der Waals surface area contributed by atoms with Crippen LogP contribution in [0, 0.1) is 0 Å². The van der Waals surface area contributed by atoms with Gasteiger partial charge in [-0.2, -0.15) is 0 Å². The van der Waals surface area contributed by atoms with Crippen LogP contribution in [0.2, 0.25) is 15.1 Å². The molecule has 0 saturated heterocycles. The molecule has 0 bridgehead atoms. The average molecular weight is 438 g/mol. The van der Waals surface area contributed by atoms with Crippen molar-refractivity contribution < 1.29 is 22.7 Å². The number of rotatable bonds is 6. The molecule has 0 radical (unpaired) electrons. The molecule has 26 heavy (non-hydrogen) atoms. The number of hydrogen-bond acceptors (Lipinski definition) is 5. The number of primary amides is 1. The Morgan fingerprint density at radius 3 is 2.35 bits per heavy atom. The maximum absolute atomic E-state index is 12.6. The number of anilines is 1. The zero-order chi connectivity index (χ0) is 19.5. The highest BCUT2D eigenvalue weighted by atomic mass is 35.5. The summed E-state index contributed by atoms with van der Waals surface area (Å²) in [7, 11) is -4.19. The van der Waals surface area contributed by atoms with Crippen LogP contribution in [0.3, 0.4) is 0 Å². The van der Waals surface area contributed by atoms with Gasteiger partial charge in [-0.1, -0.05) is 34.8 Å². The Labute approximate surface area is 164 Å². The molecule has 7 nitrogen and oxygen atoms in total. The molecule has 0 heterocycles. The summed E-state index contributed by atoms with van der Waals surface area (Å²) in [6.45, 7) is -0.639. The lowest BCUT2D eigenvalue weighted by Gasteiger charge is -2.12. The predicted octanol–water partition coefficient (Wildman–Crippen LogP) is 3.09. The predicted molar refractivity (Wildman–Crippen MR) is 98.2 cm³/mol. The summed E-state index contributed by atoms with van der Waals surface area (Å²) in [6, 6.07) is 7.69. The third-order valence-corrected chi connectivity index (χ3v) is 5.39. The fraction of sp³-hybridized carbons (Fsp3) is 0.0667. The Morgan fingerprint density at radius 2 is 1.69 bits per heavy atom. The van der Waals surface area contributed by atoms with Crippen molar-refractivity contribution in [2.75, 3.05) is 11.3 Å². The van der Waals surface area contributed by atoms with Crippen LogP contribution in [0.15, 0.2) is 41.3 Å². The molecule has 0 unspecified atom stereocenters. The molecule has 0 spiro atoms. The number of ether oxygens (including phenoxy) is 1. The van der Waals surface area contributed by atoms with Gasteiger partial charge < -0.3 is 10.5 Å². The lowest BCUT2D eigenvalue weighted by atomic mass is 10.2. The van der Waals surface area contributed by atoms with Crippen molar-refractivity contribution in [2.24, 2.45) is 5.73 Å². The van der Waals surface area contributed by atoms with Crippen LogP contribution in [0.4, 0.5) is 5.69 Å². The van der Waals surface area contributed by atoms with E-state index in [2.05, 4.69) is 9.46 Å². The first-order valence-corrected chi connectivity index (χ1v) is 9.44. The van der Waals surface area contributed by atoms with Crippen LogP contribution < -0.4 is 10.5 Å². The molecular weight excluding hydrogens is 427 g/mol. The van der Waals surface area contributed by atoms with Crippen molar-refractivity contribution >= 4 is 62.4 Å². The molecule has 1 amide bonds. The summed E-state index contributed by atoms with van der Waals surface area (Å²) in [5.41, 5.74) is 4.80. The number of nitrogens with one attached hydrogen (secondary N) is 1. The van der Waals surface area contributed by atoms with Crippen molar-refractivity contribution in [3.63, 3.8) is 0 Å². The van der Waals surface area contributed by atoms with E-state index in [4.69, 9.17) is 40.5 Å². The first-order chi connectivity index (χ1) is 12.1. The first-order valence-electron chi connectivity index (χ1n) is 6.83. The van der Waals surface area contributed by atoms with E-state index in [0.717, 1.165) is 6.07 Å². The van der Waals surface area contributed by atoms with Gasteiger partial charge in [0, 0.05) is 5.02 Å². The molecule has 11 heteroatoms. The molecular formula is C15H11Cl3N2O5S. The second kappa shape index (κ2) is 8.13. The monoisotopic (exact) mass is 436 g/mol. The van der Waals surface area contributed by atoms with Crippen molar-refractivity contribution in [2.45, 2.75) is 4.90 Å². The van der Waals surface area contributed by atoms with Crippen LogP contribution >= 0.6 is 34.8 Å². The number of carbonyl (C=O) groups excluding carboxylic acids is 2. The summed E-state index contributed by atoms with van der Waals surface area (Å²) in [6.07, 6.45) is 0. The van der Waals surface area contributed by atoms with E-state index in [1.807, 2.05) is 0 Å². The number of hydrogen-bond donors (Lipinski definition) is 2. The summed E-state index contributed by atoms with van der Waals surface area (Å²) in [5.74, 6) is -1.78. The van der Waals surface area contributed by atoms with E-state index in [0.29, 0.717) is 0 Å². The Kier molecular flexibility index (Phi) is 6.35. The van der Waals surface area contributed by atoms with Gasteiger partial charge in [-0.3, -0.25) is 9.52 Å². The molecule has 2 aromatic carbocycles. The van der Waals surface area contributed by atoms with Crippen LogP contribution in [0.25, 0.3) is 0 Å². The molecule has 0 aliphatic rings. The number of carbonyl (C=O) groups is 2. The fourth-order valence-electron chi connectivity index (χ4n) is 1.83. The summed E-state index contributed by atoms with van der Waals surface area (Å²) < 4.78 is 32.1. The van der Waals surface area contributed by atoms with E-state index in [-0.39, 0.29) is 31.2 Å². The van der Waals surface area contributed by atoms with E-state index >= 15 is 0 Å². The third kappa shape index (κ3) is 5.01. The standard InChI is InChI=1S/C15H11Cl3N2O5S/c16-9-2-4-10(17)12(6-9)20-26(23,24)13-5-8(1-3-11(13)18)15(22)25-7-14(19)21/h1-6,20H,7H2,(H2,19,21). The minimum absolute atomic E-state index is 0.0388. The van der Waals surface area contributed by atoms with Gasteiger partial charge in [0.05, 0.1) is 21.3 Å². The highest BCUT2D eigenvalue weighted by molar-refractivity contribution is 7.92. The van der Waals surface area contributed by atoms with Crippen LogP contribution in [-0.4, -0.2) is 26.9 Å². The van der Waals surface area contributed by atoms with E-state index in [1.54, 1.807) is 0 Å². The highest BCUT2D eigenvalue weighted by Crippen LogP contribution is 2.30. The number of halogens is 3. The summed E-state index contributed by atoms with van der Waals surface area (Å²) in [5, 5.41) is 0.246. The Morgan fingerprint density at radius 1 is 1.04 bits per heavy atom. The van der Waals surface area contributed by atoms with Gasteiger partial charge in [0.15, 0.2) is 6.61 Å². The quantitative estimate of drug-likeness (QED) is 0.674. The van der Waals surface area contributed by atoms with Crippen molar-refractivity contribution in [1.29, 1.82) is 0 Å². The van der Waals surface area contributed by atoms with E-state index in [9.17, 15) is 18.0 Å². The maximum atomic E-state index is 12.6. The number of benzene rings is 2. The van der Waals surface area contributed by atoms with Gasteiger partial charge in [-0.15, -0.1) is 0 Å². The smallest absolute Gasteiger partial charge is 0.338 e. The van der Waals surface area contributed by atoms with Gasteiger partial charge in [0.25, 0.3) is 15.9 Å². The third-order valence-electron chi connectivity index (χ3n) is 2.97. The maximum Gasteiger partial charge on any atom is 0.338 e. The lowest BCUT2D eigenvalue weighted by molar-refractivity contribution is -0.121. The van der Waals surface area contributed by atoms with Gasteiger partial charge in [-0.25, -0.2) is 13.2 Å². The Hall–Kier alpha value is -2.00. The zero-order valence-corrected chi connectivity index (χ0v) is 15.9. The molecule has 3 N–H and O–H groups in total. The van der Waals surface area contributed by atoms with Crippen molar-refractivity contribution in [1.82, 2.24) is 0 Å². The second-order valence-electron chi connectivity index (χ2n) is 4.92. The molecule has 2 rings (SSSR count). The van der Waals surface area contributed by atoms with Gasteiger partial charge in [-0.05, 0) is 36.4 Å². The van der Waals surface area contributed by atoms with Crippen molar-refractivity contribution in [3.8, 4) is 0 Å².